The molecule has 0 atom stereocenters. The van der Waals surface area contributed by atoms with Gasteiger partial charge in [-0.2, -0.15) is 0 Å². The van der Waals surface area contributed by atoms with Crippen molar-refractivity contribution in [2.75, 3.05) is 7.11 Å². The number of aromatic nitrogens is 2. The molecule has 41 heavy (non-hydrogen) atoms. The van der Waals surface area contributed by atoms with E-state index in [1.165, 1.54) is 49.2 Å². The number of para-hydroxylation sites is 4. The SMILES string of the molecule is COc1c(-c2ccc(-n3c4ccccc4c4ccccc43)cc2)cc(C)cc1-n1c2ccccc2c2ccccc21. The summed E-state index contributed by atoms with van der Waals surface area (Å²) in [6, 6.07) is 47.8. The van der Waals surface area contributed by atoms with Crippen molar-refractivity contribution in [2.24, 2.45) is 0 Å². The van der Waals surface area contributed by atoms with E-state index in [0.717, 1.165) is 28.3 Å². The number of hydrogen-bond acceptors (Lipinski definition) is 1. The maximum atomic E-state index is 6.20. The van der Waals surface area contributed by atoms with Crippen LogP contribution in [-0.2, 0) is 0 Å². The van der Waals surface area contributed by atoms with Crippen LogP contribution in [0.1, 0.15) is 5.56 Å². The molecule has 0 aliphatic heterocycles. The Morgan fingerprint density at radius 1 is 0.488 bits per heavy atom. The van der Waals surface area contributed by atoms with Gasteiger partial charge in [-0.3, -0.25) is 0 Å². The number of hydrogen-bond donors (Lipinski definition) is 0. The van der Waals surface area contributed by atoms with Gasteiger partial charge in [0.25, 0.3) is 0 Å². The van der Waals surface area contributed by atoms with Crippen molar-refractivity contribution in [3.05, 3.63) is 139 Å². The first-order valence-electron chi connectivity index (χ1n) is 14.0. The van der Waals surface area contributed by atoms with E-state index in [1.807, 2.05) is 0 Å². The first kappa shape index (κ1) is 23.6. The lowest BCUT2D eigenvalue weighted by Crippen LogP contribution is -2.01. The molecule has 0 radical (unpaired) electrons. The Morgan fingerprint density at radius 2 is 0.927 bits per heavy atom. The molecule has 2 heterocycles. The van der Waals surface area contributed by atoms with Crippen LogP contribution in [-0.4, -0.2) is 16.2 Å². The molecule has 0 saturated carbocycles. The molecule has 0 spiro atoms. The van der Waals surface area contributed by atoms with Gasteiger partial charge in [0, 0.05) is 32.8 Å². The largest absolute Gasteiger partial charge is 0.494 e. The summed E-state index contributed by atoms with van der Waals surface area (Å²) in [5.41, 5.74) is 10.3. The van der Waals surface area contributed by atoms with Gasteiger partial charge in [0.1, 0.15) is 0 Å². The van der Waals surface area contributed by atoms with Crippen molar-refractivity contribution in [3.8, 4) is 28.3 Å². The molecule has 0 aliphatic rings. The molecule has 0 bridgehead atoms. The molecule has 0 amide bonds. The normalized spacial score (nSPS) is 11.7. The minimum Gasteiger partial charge on any atom is -0.494 e. The van der Waals surface area contributed by atoms with E-state index < -0.39 is 0 Å². The molecule has 0 fully saturated rings. The van der Waals surface area contributed by atoms with Crippen molar-refractivity contribution in [2.45, 2.75) is 6.92 Å². The van der Waals surface area contributed by atoms with Crippen LogP contribution in [0.4, 0.5) is 0 Å². The van der Waals surface area contributed by atoms with Crippen LogP contribution in [0.3, 0.4) is 0 Å². The highest BCUT2D eigenvalue weighted by molar-refractivity contribution is 6.10. The maximum Gasteiger partial charge on any atom is 0.150 e. The third kappa shape index (κ3) is 3.52. The highest BCUT2D eigenvalue weighted by Gasteiger charge is 2.19. The van der Waals surface area contributed by atoms with Gasteiger partial charge in [-0.15, -0.1) is 0 Å². The first-order chi connectivity index (χ1) is 20.2. The lowest BCUT2D eigenvalue weighted by atomic mass is 10.00. The number of benzene rings is 6. The molecule has 8 rings (SSSR count). The van der Waals surface area contributed by atoms with Gasteiger partial charge in [0.05, 0.1) is 34.9 Å². The average Bonchev–Trinajstić information content (AvgIpc) is 3.54. The van der Waals surface area contributed by atoms with Crippen LogP contribution in [0, 0.1) is 6.92 Å². The molecule has 3 heteroatoms. The molecule has 8 aromatic rings. The molecule has 196 valence electrons. The molecule has 0 N–H and O–H groups in total. The highest BCUT2D eigenvalue weighted by atomic mass is 16.5. The monoisotopic (exact) mass is 528 g/mol. The number of fused-ring (bicyclic) bond motifs is 6. The first-order valence-corrected chi connectivity index (χ1v) is 14.0. The second-order valence-corrected chi connectivity index (χ2v) is 10.7. The van der Waals surface area contributed by atoms with E-state index in [9.17, 15) is 0 Å². The lowest BCUT2D eigenvalue weighted by molar-refractivity contribution is 0.415. The maximum absolute atomic E-state index is 6.20. The zero-order valence-corrected chi connectivity index (χ0v) is 23.0. The fourth-order valence-electron chi connectivity index (χ4n) is 6.52. The summed E-state index contributed by atoms with van der Waals surface area (Å²) < 4.78 is 10.9. The summed E-state index contributed by atoms with van der Waals surface area (Å²) in [4.78, 5) is 0. The fourth-order valence-corrected chi connectivity index (χ4v) is 6.52. The number of ether oxygens (including phenoxy) is 1. The Labute approximate surface area is 238 Å². The van der Waals surface area contributed by atoms with Gasteiger partial charge >= 0.3 is 0 Å². The van der Waals surface area contributed by atoms with Gasteiger partial charge in [-0.25, -0.2) is 0 Å². The van der Waals surface area contributed by atoms with Crippen LogP contribution in [0.2, 0.25) is 0 Å². The summed E-state index contributed by atoms with van der Waals surface area (Å²) in [7, 11) is 1.78. The Balaban J connectivity index is 1.32. The second kappa shape index (κ2) is 9.14. The van der Waals surface area contributed by atoms with Crippen molar-refractivity contribution in [3.63, 3.8) is 0 Å². The molecule has 3 nitrogen and oxygen atoms in total. The quantitative estimate of drug-likeness (QED) is 0.222. The number of methoxy groups -OCH3 is 1. The molecule has 6 aromatic carbocycles. The Morgan fingerprint density at radius 3 is 1.39 bits per heavy atom. The molecule has 2 aromatic heterocycles. The zero-order chi connectivity index (χ0) is 27.5. The molecule has 0 unspecified atom stereocenters. The van der Waals surface area contributed by atoms with Crippen molar-refractivity contribution >= 4 is 43.6 Å². The van der Waals surface area contributed by atoms with E-state index in [4.69, 9.17) is 4.74 Å². The smallest absolute Gasteiger partial charge is 0.150 e. The average molecular weight is 529 g/mol. The number of nitrogens with zero attached hydrogens (tertiary/aromatic N) is 2. The van der Waals surface area contributed by atoms with E-state index in [-0.39, 0.29) is 0 Å². The van der Waals surface area contributed by atoms with Crippen LogP contribution in [0.5, 0.6) is 5.75 Å². The van der Waals surface area contributed by atoms with Crippen molar-refractivity contribution in [1.29, 1.82) is 0 Å². The van der Waals surface area contributed by atoms with Gasteiger partial charge in [-0.1, -0.05) is 84.9 Å². The van der Waals surface area contributed by atoms with Crippen molar-refractivity contribution in [1.82, 2.24) is 9.13 Å². The standard InChI is InChI=1S/C38H28N2O/c1-25-23-32(38(41-2)37(24-25)40-35-17-9-5-13-30(35)31-14-6-10-18-36(31)40)26-19-21-27(22-20-26)39-33-15-7-3-11-28(33)29-12-4-8-16-34(29)39/h3-24H,1-2H3. The van der Waals surface area contributed by atoms with Gasteiger partial charge < -0.3 is 13.9 Å². The van der Waals surface area contributed by atoms with E-state index >= 15 is 0 Å². The topological polar surface area (TPSA) is 19.1 Å². The number of rotatable bonds is 4. The Hall–Kier alpha value is -5.28. The van der Waals surface area contributed by atoms with E-state index in [1.54, 1.807) is 7.11 Å². The zero-order valence-electron chi connectivity index (χ0n) is 23.0. The fraction of sp³-hybridized carbons (Fsp3) is 0.0526. The molecular weight excluding hydrogens is 500 g/mol. The predicted octanol–water partition coefficient (Wildman–Crippen LogP) is 9.86. The lowest BCUT2D eigenvalue weighted by Gasteiger charge is -2.18. The second-order valence-electron chi connectivity index (χ2n) is 10.7. The summed E-state index contributed by atoms with van der Waals surface area (Å²) in [5.74, 6) is 0.867. The minimum atomic E-state index is 0.867. The summed E-state index contributed by atoms with van der Waals surface area (Å²) in [6.07, 6.45) is 0. The van der Waals surface area contributed by atoms with Crippen LogP contribution in [0.25, 0.3) is 66.1 Å². The van der Waals surface area contributed by atoms with Gasteiger partial charge in [-0.05, 0) is 66.6 Å². The summed E-state index contributed by atoms with van der Waals surface area (Å²) in [6.45, 7) is 2.16. The van der Waals surface area contributed by atoms with Crippen LogP contribution >= 0.6 is 0 Å². The minimum absolute atomic E-state index is 0.867. The van der Waals surface area contributed by atoms with Gasteiger partial charge in [0.2, 0.25) is 0 Å². The van der Waals surface area contributed by atoms with E-state index in [2.05, 4.69) is 150 Å². The van der Waals surface area contributed by atoms with Crippen LogP contribution in [0.15, 0.2) is 133 Å². The van der Waals surface area contributed by atoms with E-state index in [0.29, 0.717) is 0 Å². The van der Waals surface area contributed by atoms with Crippen molar-refractivity contribution < 1.29 is 4.74 Å². The predicted molar refractivity (Wildman–Crippen MR) is 172 cm³/mol. The van der Waals surface area contributed by atoms with Gasteiger partial charge in [0.15, 0.2) is 5.75 Å². The van der Waals surface area contributed by atoms with Crippen LogP contribution < -0.4 is 4.74 Å². The Bertz CT molecular complexity index is 2140. The third-order valence-corrected chi connectivity index (χ3v) is 8.26. The molecule has 0 aliphatic carbocycles. The third-order valence-electron chi connectivity index (χ3n) is 8.26. The Kier molecular flexibility index (Phi) is 5.26. The summed E-state index contributed by atoms with van der Waals surface area (Å²) in [5, 5.41) is 5.01. The number of aryl methyl sites for hydroxylation is 1. The summed E-state index contributed by atoms with van der Waals surface area (Å²) >= 11 is 0. The highest BCUT2D eigenvalue weighted by Crippen LogP contribution is 2.41. The molecular formula is C38H28N2O. The molecule has 0 saturated heterocycles.